The summed E-state index contributed by atoms with van der Waals surface area (Å²) >= 11 is 6.03. The molecule has 2 atom stereocenters. The van der Waals surface area contributed by atoms with Crippen molar-refractivity contribution in [3.05, 3.63) is 34.9 Å². The minimum Gasteiger partial charge on any atom is -0.367 e. The Morgan fingerprint density at radius 3 is 2.87 bits per heavy atom. The fraction of sp³-hybridized carbons (Fsp3) is 0.611. The lowest BCUT2D eigenvalue weighted by molar-refractivity contribution is -0.208. The van der Waals surface area contributed by atoms with Crippen LogP contribution in [0.1, 0.15) is 39.2 Å². The fourth-order valence-corrected chi connectivity index (χ4v) is 2.98. The predicted molar refractivity (Wildman–Crippen MR) is 93.0 cm³/mol. The smallest absolute Gasteiger partial charge is 0.330 e. The van der Waals surface area contributed by atoms with Crippen LogP contribution in [-0.2, 0) is 16.1 Å². The number of hydrogen-bond donors (Lipinski definition) is 1. The van der Waals surface area contributed by atoms with E-state index in [0.717, 1.165) is 36.4 Å². The van der Waals surface area contributed by atoms with Crippen molar-refractivity contribution in [2.24, 2.45) is 17.1 Å². The molecular weight excluding hydrogens is 312 g/mol. The minimum atomic E-state index is -0.490. The largest absolute Gasteiger partial charge is 0.367 e. The molecule has 0 amide bonds. The molecule has 0 spiro atoms. The van der Waals surface area contributed by atoms with Gasteiger partial charge >= 0.3 is 5.97 Å². The van der Waals surface area contributed by atoms with Crippen molar-refractivity contribution in [2.45, 2.75) is 46.1 Å². The molecule has 1 aromatic carbocycles. The van der Waals surface area contributed by atoms with Crippen LogP contribution in [0.4, 0.5) is 0 Å². The lowest BCUT2D eigenvalue weighted by Gasteiger charge is -2.35. The fourth-order valence-electron chi connectivity index (χ4n) is 2.76. The van der Waals surface area contributed by atoms with E-state index in [4.69, 9.17) is 22.2 Å². The third-order valence-electron chi connectivity index (χ3n) is 4.21. The Labute approximate surface area is 143 Å². The van der Waals surface area contributed by atoms with Crippen molar-refractivity contribution in [3.8, 4) is 0 Å². The number of benzene rings is 1. The summed E-state index contributed by atoms with van der Waals surface area (Å²) in [5, 5.41) is 2.51. The molecular formula is C18H27ClN2O2. The van der Waals surface area contributed by atoms with Gasteiger partial charge in [-0.3, -0.25) is 0 Å². The van der Waals surface area contributed by atoms with Gasteiger partial charge in [-0.05, 0) is 63.6 Å². The van der Waals surface area contributed by atoms with Crippen molar-refractivity contribution in [1.29, 1.82) is 0 Å². The van der Waals surface area contributed by atoms with E-state index in [1.165, 1.54) is 0 Å². The zero-order valence-electron chi connectivity index (χ0n) is 14.2. The van der Waals surface area contributed by atoms with Gasteiger partial charge < -0.3 is 10.6 Å². The molecule has 2 unspecified atom stereocenters. The van der Waals surface area contributed by atoms with E-state index in [9.17, 15) is 4.79 Å². The van der Waals surface area contributed by atoms with Crippen LogP contribution in [0.15, 0.2) is 24.3 Å². The van der Waals surface area contributed by atoms with Crippen LogP contribution in [0, 0.1) is 11.3 Å². The van der Waals surface area contributed by atoms with Gasteiger partial charge in [0.25, 0.3) is 0 Å². The molecule has 1 aromatic rings. The predicted octanol–water partition coefficient (Wildman–Crippen LogP) is 3.43. The Balaban J connectivity index is 1.91. The van der Waals surface area contributed by atoms with Gasteiger partial charge in [0.1, 0.15) is 0 Å². The summed E-state index contributed by atoms with van der Waals surface area (Å²) in [6.45, 7) is 7.07. The first-order valence-electron chi connectivity index (χ1n) is 8.23. The maximum Gasteiger partial charge on any atom is 0.330 e. The number of hydroxylamine groups is 2. The first-order valence-corrected chi connectivity index (χ1v) is 8.61. The summed E-state index contributed by atoms with van der Waals surface area (Å²) < 4.78 is 0. The summed E-state index contributed by atoms with van der Waals surface area (Å²) in [5.41, 5.74) is 7.06. The molecule has 1 aliphatic heterocycles. The second-order valence-corrected chi connectivity index (χ2v) is 7.85. The lowest BCUT2D eigenvalue weighted by Crippen LogP contribution is -2.46. The number of hydrogen-bond acceptors (Lipinski definition) is 4. The standard InChI is InChI=1S/C18H27ClN2O2/c1-18(2,3)17(22)23-21-9-5-7-14(12-21)16(20)11-13-6-4-8-15(19)10-13/h4,6,8,10,14,16H,5,7,9,11-12,20H2,1-3H3. The molecule has 2 rings (SSSR count). The van der Waals surface area contributed by atoms with E-state index in [2.05, 4.69) is 0 Å². The highest BCUT2D eigenvalue weighted by molar-refractivity contribution is 6.30. The molecule has 0 bridgehead atoms. The normalized spacial score (nSPS) is 21.0. The molecule has 1 fully saturated rings. The Bertz CT molecular complexity index is 542. The van der Waals surface area contributed by atoms with E-state index >= 15 is 0 Å². The number of carbonyl (C=O) groups is 1. The number of nitrogens with two attached hydrogens (primary N) is 1. The summed E-state index contributed by atoms with van der Waals surface area (Å²) in [6, 6.07) is 7.85. The SMILES string of the molecule is CC(C)(C)C(=O)ON1CCCC(C(N)Cc2cccc(Cl)c2)C1. The molecule has 23 heavy (non-hydrogen) atoms. The van der Waals surface area contributed by atoms with Crippen molar-refractivity contribution >= 4 is 17.6 Å². The van der Waals surface area contributed by atoms with E-state index in [1.54, 1.807) is 5.06 Å². The molecule has 1 aliphatic rings. The zero-order chi connectivity index (χ0) is 17.0. The Morgan fingerprint density at radius 2 is 2.22 bits per heavy atom. The molecule has 128 valence electrons. The van der Waals surface area contributed by atoms with Crippen molar-refractivity contribution < 1.29 is 9.63 Å². The van der Waals surface area contributed by atoms with Gasteiger partial charge in [-0.25, -0.2) is 4.79 Å². The Kier molecular flexibility index (Phi) is 6.06. The molecule has 0 aliphatic carbocycles. The van der Waals surface area contributed by atoms with Crippen molar-refractivity contribution in [2.75, 3.05) is 13.1 Å². The molecule has 0 saturated carbocycles. The maximum absolute atomic E-state index is 12.0. The number of halogens is 1. The van der Waals surface area contributed by atoms with Crippen LogP contribution < -0.4 is 5.73 Å². The molecule has 1 heterocycles. The number of carbonyl (C=O) groups excluding carboxylic acids is 1. The molecule has 4 nitrogen and oxygen atoms in total. The van der Waals surface area contributed by atoms with Crippen molar-refractivity contribution in [3.63, 3.8) is 0 Å². The van der Waals surface area contributed by atoms with Crippen LogP contribution in [0.2, 0.25) is 5.02 Å². The van der Waals surface area contributed by atoms with Gasteiger partial charge in [-0.15, -0.1) is 5.06 Å². The van der Waals surface area contributed by atoms with Crippen LogP contribution in [0.25, 0.3) is 0 Å². The van der Waals surface area contributed by atoms with Crippen LogP contribution >= 0.6 is 11.6 Å². The topological polar surface area (TPSA) is 55.6 Å². The highest BCUT2D eigenvalue weighted by Crippen LogP contribution is 2.24. The van der Waals surface area contributed by atoms with Gasteiger partial charge in [0.2, 0.25) is 0 Å². The average molecular weight is 339 g/mol. The maximum atomic E-state index is 12.0. The summed E-state index contributed by atoms with van der Waals surface area (Å²) in [4.78, 5) is 17.6. The van der Waals surface area contributed by atoms with Crippen LogP contribution in [0.3, 0.4) is 0 Å². The van der Waals surface area contributed by atoms with E-state index in [-0.39, 0.29) is 12.0 Å². The third-order valence-corrected chi connectivity index (χ3v) is 4.45. The van der Waals surface area contributed by atoms with Crippen LogP contribution in [0.5, 0.6) is 0 Å². The van der Waals surface area contributed by atoms with Gasteiger partial charge in [0.15, 0.2) is 0 Å². The minimum absolute atomic E-state index is 0.0320. The lowest BCUT2D eigenvalue weighted by atomic mass is 9.88. The summed E-state index contributed by atoms with van der Waals surface area (Å²) in [5.74, 6) is 0.122. The second kappa shape index (κ2) is 7.65. The Hall–Kier alpha value is -1.10. The first-order chi connectivity index (χ1) is 10.8. The molecule has 1 saturated heterocycles. The Morgan fingerprint density at radius 1 is 1.48 bits per heavy atom. The van der Waals surface area contributed by atoms with E-state index in [0.29, 0.717) is 12.5 Å². The highest BCUT2D eigenvalue weighted by atomic mass is 35.5. The zero-order valence-corrected chi connectivity index (χ0v) is 15.0. The van der Waals surface area contributed by atoms with Gasteiger partial charge in [0.05, 0.1) is 5.41 Å². The number of piperidine rings is 1. The highest BCUT2D eigenvalue weighted by Gasteiger charge is 2.30. The molecule has 0 aromatic heterocycles. The van der Waals surface area contributed by atoms with Gasteiger partial charge in [0, 0.05) is 24.2 Å². The van der Waals surface area contributed by atoms with Crippen molar-refractivity contribution in [1.82, 2.24) is 5.06 Å². The summed E-state index contributed by atoms with van der Waals surface area (Å²) in [7, 11) is 0. The van der Waals surface area contributed by atoms with Gasteiger partial charge in [-0.2, -0.15) is 0 Å². The molecule has 2 N–H and O–H groups in total. The monoisotopic (exact) mass is 338 g/mol. The third kappa shape index (κ3) is 5.48. The first kappa shape index (κ1) is 18.2. The molecule has 5 heteroatoms. The van der Waals surface area contributed by atoms with Gasteiger partial charge in [-0.1, -0.05) is 23.7 Å². The average Bonchev–Trinajstić information content (AvgIpc) is 2.46. The number of rotatable bonds is 4. The number of nitrogens with zero attached hydrogens (tertiary/aromatic N) is 1. The quantitative estimate of drug-likeness (QED) is 0.913. The van der Waals surface area contributed by atoms with Crippen LogP contribution in [-0.4, -0.2) is 30.2 Å². The summed E-state index contributed by atoms with van der Waals surface area (Å²) in [6.07, 6.45) is 2.84. The molecule has 0 radical (unpaired) electrons. The van der Waals surface area contributed by atoms with E-state index in [1.807, 2.05) is 45.0 Å². The second-order valence-electron chi connectivity index (χ2n) is 7.42. The van der Waals surface area contributed by atoms with E-state index < -0.39 is 5.41 Å².